The lowest BCUT2D eigenvalue weighted by Gasteiger charge is -2.65. The maximum Gasteiger partial charge on any atom is 0.469 e. The topological polar surface area (TPSA) is 192 Å². The molecule has 43 heavy (non-hydrogen) atoms. The van der Waals surface area contributed by atoms with E-state index in [0.717, 1.165) is 5.56 Å². The molecule has 0 amide bonds. The van der Waals surface area contributed by atoms with Crippen molar-refractivity contribution in [2.45, 2.75) is 99.1 Å². The smallest absolute Gasteiger partial charge is 0.390 e. The fourth-order valence-electron chi connectivity index (χ4n) is 8.47. The van der Waals surface area contributed by atoms with E-state index in [1.165, 1.54) is 0 Å². The van der Waals surface area contributed by atoms with Crippen molar-refractivity contribution in [3.8, 4) is 0 Å². The number of aliphatic hydroxyl groups is 3. The Balaban J connectivity index is 1.40. The van der Waals surface area contributed by atoms with E-state index in [2.05, 4.69) is 15.2 Å². The summed E-state index contributed by atoms with van der Waals surface area (Å²) >= 11 is 0. The van der Waals surface area contributed by atoms with Gasteiger partial charge in [0.2, 0.25) is 12.1 Å². The van der Waals surface area contributed by atoms with Crippen LogP contribution in [0.25, 0.3) is 0 Å². The van der Waals surface area contributed by atoms with Gasteiger partial charge in [-0.3, -0.25) is 4.52 Å². The zero-order valence-electron chi connectivity index (χ0n) is 25.7. The number of aliphatic hydroxyl groups excluding tert-OH is 1. The molecular weight excluding hydrogens is 585 g/mol. The van der Waals surface area contributed by atoms with Gasteiger partial charge in [0.15, 0.2) is 0 Å². The predicted molar refractivity (Wildman–Crippen MR) is 152 cm³/mol. The first-order chi connectivity index (χ1) is 20.0. The minimum Gasteiger partial charge on any atom is -0.390 e. The van der Waals surface area contributed by atoms with Crippen molar-refractivity contribution in [3.63, 3.8) is 0 Å². The van der Waals surface area contributed by atoms with Gasteiger partial charge in [0, 0.05) is 32.5 Å². The Morgan fingerprint density at radius 3 is 2.33 bits per heavy atom. The van der Waals surface area contributed by atoms with Crippen LogP contribution in [0, 0.1) is 5.92 Å². The molecule has 5 rings (SSSR count). The van der Waals surface area contributed by atoms with Crippen LogP contribution in [0.3, 0.4) is 0 Å². The van der Waals surface area contributed by atoms with Crippen LogP contribution in [0.4, 0.5) is 0 Å². The molecule has 1 aromatic rings. The summed E-state index contributed by atoms with van der Waals surface area (Å²) in [5.74, 6) is -2.57. The van der Waals surface area contributed by atoms with Crippen molar-refractivity contribution in [3.05, 3.63) is 35.4 Å². The van der Waals surface area contributed by atoms with Crippen LogP contribution < -0.4 is 10.6 Å². The monoisotopic (exact) mass is 631 g/mol. The Kier molecular flexibility index (Phi) is 8.54. The second-order valence-corrected chi connectivity index (χ2v) is 14.1. The van der Waals surface area contributed by atoms with E-state index in [0.29, 0.717) is 12.1 Å². The number of ether oxygens (including phenoxy) is 4. The number of phosphoric acid groups is 1. The van der Waals surface area contributed by atoms with Gasteiger partial charge in [-0.25, -0.2) is 4.57 Å². The van der Waals surface area contributed by atoms with Gasteiger partial charge in [-0.05, 0) is 46.1 Å². The lowest BCUT2D eigenvalue weighted by molar-refractivity contribution is -0.508. The Hall–Kier alpha value is -1.07. The first-order valence-corrected chi connectivity index (χ1v) is 16.0. The van der Waals surface area contributed by atoms with E-state index in [-0.39, 0.29) is 25.5 Å². The van der Waals surface area contributed by atoms with E-state index in [9.17, 15) is 19.9 Å². The molecule has 0 aromatic heterocycles. The van der Waals surface area contributed by atoms with Gasteiger partial charge in [0.05, 0.1) is 30.9 Å². The minimum atomic E-state index is -4.57. The molecule has 1 spiro atoms. The van der Waals surface area contributed by atoms with Gasteiger partial charge in [-0.1, -0.05) is 31.2 Å². The molecule has 1 aromatic carbocycles. The SMILES string of the molecule is CN[C@@H]1[C@H](O)[C@H](N(C)C)[C@@]2(C)O[C@]3(O)[C@@H](O[C@H](C)C[C@@]3(O)CNCc3ccc(COP(=O)(O)O)cc3)O[C@@]23[C@H](C)C13OC. The Morgan fingerprint density at radius 1 is 1.14 bits per heavy atom. The average molecular weight is 632 g/mol. The van der Waals surface area contributed by atoms with E-state index in [1.54, 1.807) is 52.3 Å². The second kappa shape index (κ2) is 11.0. The number of fused-ring (bicyclic) bond motifs is 1. The number of methoxy groups -OCH3 is 1. The Bertz CT molecular complexity index is 1240. The van der Waals surface area contributed by atoms with Gasteiger partial charge >= 0.3 is 7.82 Å². The molecule has 2 aliphatic heterocycles. The summed E-state index contributed by atoms with van der Waals surface area (Å²) in [6.45, 7) is 5.55. The van der Waals surface area contributed by atoms with Crippen molar-refractivity contribution in [2.24, 2.45) is 5.92 Å². The molecule has 0 bridgehead atoms. The summed E-state index contributed by atoms with van der Waals surface area (Å²) in [7, 11) is 2.41. The Morgan fingerprint density at radius 2 is 1.77 bits per heavy atom. The van der Waals surface area contributed by atoms with Gasteiger partial charge in [-0.15, -0.1) is 0 Å². The molecule has 2 saturated carbocycles. The number of benzene rings is 1. The Labute approximate surface area is 251 Å². The lowest BCUT2D eigenvalue weighted by Crippen LogP contribution is -2.85. The predicted octanol–water partition coefficient (Wildman–Crippen LogP) is -0.588. The number of likely N-dealkylation sites (N-methyl/N-ethyl adjacent to an activating group) is 2. The molecule has 1 unspecified atom stereocenters. The largest absolute Gasteiger partial charge is 0.469 e. The number of hydrogen-bond donors (Lipinski definition) is 7. The first kappa shape index (κ1) is 33.3. The molecule has 14 nitrogen and oxygen atoms in total. The van der Waals surface area contributed by atoms with Crippen LogP contribution >= 0.6 is 7.82 Å². The first-order valence-electron chi connectivity index (χ1n) is 14.5. The fraction of sp³-hybridized carbons (Fsp3) is 0.786. The van der Waals surface area contributed by atoms with E-state index >= 15 is 0 Å². The zero-order chi connectivity index (χ0) is 31.8. The number of phosphoric ester groups is 1. The van der Waals surface area contributed by atoms with Crippen molar-refractivity contribution in [1.82, 2.24) is 15.5 Å². The average Bonchev–Trinajstić information content (AvgIpc) is 3.44. The number of nitrogens with zero attached hydrogens (tertiary/aromatic N) is 1. The van der Waals surface area contributed by atoms with Gasteiger partial charge in [0.1, 0.15) is 22.4 Å². The van der Waals surface area contributed by atoms with Crippen LogP contribution in [0.5, 0.6) is 0 Å². The highest BCUT2D eigenvalue weighted by molar-refractivity contribution is 7.46. The molecule has 4 fully saturated rings. The molecule has 0 radical (unpaired) electrons. The van der Waals surface area contributed by atoms with Crippen molar-refractivity contribution < 1.29 is 53.1 Å². The van der Waals surface area contributed by atoms with Gasteiger partial charge < -0.3 is 59.6 Å². The van der Waals surface area contributed by atoms with E-state index < -0.39 is 66.6 Å². The van der Waals surface area contributed by atoms with Crippen molar-refractivity contribution in [2.75, 3.05) is 34.8 Å². The fourth-order valence-corrected chi connectivity index (χ4v) is 8.79. The number of nitrogens with one attached hydrogen (secondary N) is 2. The zero-order valence-corrected chi connectivity index (χ0v) is 26.6. The van der Waals surface area contributed by atoms with Crippen molar-refractivity contribution >= 4 is 7.82 Å². The summed E-state index contributed by atoms with van der Waals surface area (Å²) in [6, 6.07) is 5.74. The summed E-state index contributed by atoms with van der Waals surface area (Å²) in [5.41, 5.74) is -3.89. The molecule has 244 valence electrons. The standard InChI is InChI=1S/C28H46N3O11P/c1-16-12-25(33,15-30-13-18-8-10-19(11-9-18)14-39-43(35,36)37)28(34)23(40-16)41-27-17(2)26(27,38-7)21(29-4)20(32)22(31(5)6)24(27,3)42-28/h8-11,16-17,20-23,29-30,32-34H,12-15H2,1-7H3,(H2,35,36,37)/t16-,17-,20+,21-,22+,23+,24-,25-,26?,27+,28-/m1/s1. The molecule has 4 aliphatic rings. The maximum atomic E-state index is 12.3. The van der Waals surface area contributed by atoms with E-state index in [4.69, 9.17) is 28.7 Å². The molecule has 7 N–H and O–H groups in total. The quantitative estimate of drug-likeness (QED) is 0.162. The van der Waals surface area contributed by atoms with Crippen LogP contribution in [0.2, 0.25) is 0 Å². The summed E-state index contributed by atoms with van der Waals surface area (Å²) in [4.78, 5) is 19.7. The highest BCUT2D eigenvalue weighted by Crippen LogP contribution is 2.74. The molecule has 11 atom stereocenters. The second-order valence-electron chi connectivity index (χ2n) is 12.8. The third-order valence-electron chi connectivity index (χ3n) is 10.2. The molecule has 15 heteroatoms. The van der Waals surface area contributed by atoms with Crippen LogP contribution in [0.1, 0.15) is 38.3 Å². The summed E-state index contributed by atoms with van der Waals surface area (Å²) in [6.07, 6.45) is -2.77. The lowest BCUT2D eigenvalue weighted by atomic mass is 9.70. The van der Waals surface area contributed by atoms with Crippen LogP contribution in [0.15, 0.2) is 24.3 Å². The van der Waals surface area contributed by atoms with Crippen molar-refractivity contribution in [1.29, 1.82) is 0 Å². The summed E-state index contributed by atoms with van der Waals surface area (Å²) in [5, 5.41) is 42.5. The molecule has 2 saturated heterocycles. The van der Waals surface area contributed by atoms with Crippen LogP contribution in [-0.4, -0.2) is 124 Å². The molecular formula is C28H46N3O11P. The normalized spacial score (nSPS) is 45.8. The summed E-state index contributed by atoms with van der Waals surface area (Å²) < 4.78 is 41.2. The minimum absolute atomic E-state index is 0.0391. The molecule has 2 aliphatic carbocycles. The highest BCUT2D eigenvalue weighted by atomic mass is 31.2. The van der Waals surface area contributed by atoms with E-state index in [1.807, 2.05) is 25.9 Å². The maximum absolute atomic E-state index is 12.3. The van der Waals surface area contributed by atoms with Gasteiger partial charge in [-0.2, -0.15) is 0 Å². The third kappa shape index (κ3) is 4.78. The number of rotatable bonds is 10. The third-order valence-corrected chi connectivity index (χ3v) is 10.6. The highest BCUT2D eigenvalue weighted by Gasteiger charge is 2.94. The number of hydrogen-bond acceptors (Lipinski definition) is 12. The molecule has 2 heterocycles. The van der Waals surface area contributed by atoms with Gasteiger partial charge in [0.25, 0.3) is 0 Å². The van der Waals surface area contributed by atoms with Crippen LogP contribution in [-0.2, 0) is 41.2 Å².